The van der Waals surface area contributed by atoms with Gasteiger partial charge in [0.15, 0.2) is 0 Å². The minimum absolute atomic E-state index is 0.118. The summed E-state index contributed by atoms with van der Waals surface area (Å²) >= 11 is 6.01. The third kappa shape index (κ3) is 3.26. The van der Waals surface area contributed by atoms with Gasteiger partial charge in [-0.05, 0) is 24.3 Å². The maximum Gasteiger partial charge on any atom is 0.282 e. The van der Waals surface area contributed by atoms with Gasteiger partial charge in [0.2, 0.25) is 5.91 Å². The summed E-state index contributed by atoms with van der Waals surface area (Å²) in [6.45, 7) is -0.632. The molecule has 3 aromatic rings. The zero-order chi connectivity index (χ0) is 21.4. The molecule has 0 atom stereocenters. The van der Waals surface area contributed by atoms with Gasteiger partial charge in [-0.3, -0.25) is 29.4 Å². The van der Waals surface area contributed by atoms with Gasteiger partial charge in [0.25, 0.3) is 17.5 Å². The summed E-state index contributed by atoms with van der Waals surface area (Å²) in [5.74, 6) is -2.38. The Balaban J connectivity index is 1.58. The van der Waals surface area contributed by atoms with E-state index < -0.39 is 34.9 Å². The van der Waals surface area contributed by atoms with Crippen LogP contribution in [0.3, 0.4) is 0 Å². The van der Waals surface area contributed by atoms with Crippen molar-refractivity contribution >= 4 is 40.7 Å². The Bertz CT molecular complexity index is 1210. The van der Waals surface area contributed by atoms with E-state index in [1.807, 2.05) is 0 Å². The largest absolute Gasteiger partial charge is 0.323 e. The molecule has 30 heavy (non-hydrogen) atoms. The lowest BCUT2D eigenvalue weighted by atomic mass is 10.1. The van der Waals surface area contributed by atoms with Gasteiger partial charge in [-0.15, -0.1) is 0 Å². The SMILES string of the molecule is O=C(CN1C(=O)c2cccc([N+](=O)[O-])c2C1=O)Nc1cc(Cl)ccc1-n1cncn1. The van der Waals surface area contributed by atoms with Crippen molar-refractivity contribution < 1.29 is 19.3 Å². The van der Waals surface area contributed by atoms with Gasteiger partial charge in [0.05, 0.1) is 21.9 Å². The number of hydrogen-bond acceptors (Lipinski definition) is 7. The van der Waals surface area contributed by atoms with E-state index in [1.54, 1.807) is 12.1 Å². The molecule has 2 aromatic carbocycles. The molecular weight excluding hydrogens is 416 g/mol. The molecule has 11 nitrogen and oxygen atoms in total. The van der Waals surface area contributed by atoms with Crippen molar-refractivity contribution in [2.45, 2.75) is 0 Å². The first kappa shape index (κ1) is 19.2. The average molecular weight is 427 g/mol. The van der Waals surface area contributed by atoms with E-state index in [9.17, 15) is 24.5 Å². The number of imide groups is 1. The highest BCUT2D eigenvalue weighted by molar-refractivity contribution is 6.31. The summed E-state index contributed by atoms with van der Waals surface area (Å²) in [5, 5.41) is 18.1. The Hall–Kier alpha value is -4.12. The molecule has 0 saturated heterocycles. The topological polar surface area (TPSA) is 140 Å². The van der Waals surface area contributed by atoms with Crippen LogP contribution in [0.4, 0.5) is 11.4 Å². The molecule has 0 radical (unpaired) electrons. The van der Waals surface area contributed by atoms with Crippen LogP contribution in [0.5, 0.6) is 0 Å². The van der Waals surface area contributed by atoms with Crippen LogP contribution in [0, 0.1) is 10.1 Å². The highest BCUT2D eigenvalue weighted by atomic mass is 35.5. The summed E-state index contributed by atoms with van der Waals surface area (Å²) in [6, 6.07) is 8.42. The zero-order valence-electron chi connectivity index (χ0n) is 15.0. The molecule has 4 rings (SSSR count). The molecule has 1 aromatic heterocycles. The molecule has 0 unspecified atom stereocenters. The first-order chi connectivity index (χ1) is 14.4. The zero-order valence-corrected chi connectivity index (χ0v) is 15.7. The van der Waals surface area contributed by atoms with Crippen molar-refractivity contribution in [3.05, 3.63) is 75.3 Å². The quantitative estimate of drug-likeness (QED) is 0.374. The molecule has 1 aliphatic rings. The molecule has 3 amide bonds. The van der Waals surface area contributed by atoms with E-state index in [4.69, 9.17) is 11.6 Å². The lowest BCUT2D eigenvalue weighted by Gasteiger charge is -2.15. The number of amides is 3. The minimum Gasteiger partial charge on any atom is -0.323 e. The number of nitrogens with zero attached hydrogens (tertiary/aromatic N) is 5. The van der Waals surface area contributed by atoms with E-state index in [0.29, 0.717) is 15.6 Å². The van der Waals surface area contributed by atoms with E-state index >= 15 is 0 Å². The summed E-state index contributed by atoms with van der Waals surface area (Å²) in [5.41, 5.74) is -0.194. The highest BCUT2D eigenvalue weighted by Crippen LogP contribution is 2.31. The Kier molecular flexibility index (Phi) is 4.72. The Morgan fingerprint density at radius 1 is 1.20 bits per heavy atom. The van der Waals surface area contributed by atoms with Crippen molar-refractivity contribution in [3.8, 4) is 5.69 Å². The number of anilines is 1. The van der Waals surface area contributed by atoms with E-state index in [0.717, 1.165) is 6.07 Å². The summed E-state index contributed by atoms with van der Waals surface area (Å²) in [7, 11) is 0. The molecule has 0 spiro atoms. The molecule has 2 heterocycles. The van der Waals surface area contributed by atoms with Crippen molar-refractivity contribution in [1.29, 1.82) is 0 Å². The average Bonchev–Trinajstić information content (AvgIpc) is 3.32. The van der Waals surface area contributed by atoms with E-state index in [-0.39, 0.29) is 16.8 Å². The Morgan fingerprint density at radius 2 is 2.00 bits per heavy atom. The molecule has 0 aliphatic carbocycles. The second-order valence-corrected chi connectivity index (χ2v) is 6.64. The van der Waals surface area contributed by atoms with Gasteiger partial charge in [0, 0.05) is 11.1 Å². The van der Waals surface area contributed by atoms with Gasteiger partial charge in [-0.1, -0.05) is 17.7 Å². The van der Waals surface area contributed by atoms with E-state index in [1.165, 1.54) is 35.5 Å². The molecule has 1 N–H and O–H groups in total. The monoisotopic (exact) mass is 426 g/mol. The lowest BCUT2D eigenvalue weighted by Crippen LogP contribution is -2.37. The molecule has 0 fully saturated rings. The first-order valence-electron chi connectivity index (χ1n) is 8.45. The molecule has 150 valence electrons. The number of benzene rings is 2. The van der Waals surface area contributed by atoms with Crippen LogP contribution < -0.4 is 5.32 Å². The fourth-order valence-corrected chi connectivity index (χ4v) is 3.26. The predicted molar refractivity (Wildman–Crippen MR) is 103 cm³/mol. The van der Waals surface area contributed by atoms with Gasteiger partial charge < -0.3 is 5.32 Å². The number of halogens is 1. The summed E-state index contributed by atoms with van der Waals surface area (Å²) in [6.07, 6.45) is 2.73. The normalized spacial score (nSPS) is 12.8. The van der Waals surface area contributed by atoms with Crippen LogP contribution in [0.1, 0.15) is 20.7 Å². The molecule has 0 bridgehead atoms. The lowest BCUT2D eigenvalue weighted by molar-refractivity contribution is -0.385. The van der Waals surface area contributed by atoms with Crippen LogP contribution in [0.25, 0.3) is 5.69 Å². The molecule has 12 heteroatoms. The van der Waals surface area contributed by atoms with Crippen LogP contribution >= 0.6 is 11.6 Å². The number of fused-ring (bicyclic) bond motifs is 1. The molecule has 0 saturated carbocycles. The van der Waals surface area contributed by atoms with Crippen LogP contribution in [0.15, 0.2) is 49.1 Å². The van der Waals surface area contributed by atoms with Crippen LogP contribution in [-0.2, 0) is 4.79 Å². The first-order valence-corrected chi connectivity index (χ1v) is 8.82. The van der Waals surface area contributed by atoms with E-state index in [2.05, 4.69) is 15.4 Å². The molecule has 1 aliphatic heterocycles. The Morgan fingerprint density at radius 3 is 2.70 bits per heavy atom. The highest BCUT2D eigenvalue weighted by Gasteiger charge is 2.41. The Labute approximate surface area is 173 Å². The van der Waals surface area contributed by atoms with Gasteiger partial charge in [-0.25, -0.2) is 9.67 Å². The minimum atomic E-state index is -0.903. The predicted octanol–water partition coefficient (Wildman–Crippen LogP) is 2.06. The number of aromatic nitrogens is 3. The fraction of sp³-hybridized carbons (Fsp3) is 0.0556. The standard InChI is InChI=1S/C18H11ClN6O5/c19-10-4-5-13(24-9-20-8-21-24)12(6-10)22-15(26)7-23-17(27)11-2-1-3-14(25(29)30)16(11)18(23)28/h1-6,8-9H,7H2,(H,22,26). The smallest absolute Gasteiger partial charge is 0.282 e. The number of hydrogen-bond donors (Lipinski definition) is 1. The number of nitro benzene ring substituents is 1. The van der Waals surface area contributed by atoms with Crippen molar-refractivity contribution in [2.24, 2.45) is 0 Å². The maximum absolute atomic E-state index is 12.6. The van der Waals surface area contributed by atoms with Crippen molar-refractivity contribution in [3.63, 3.8) is 0 Å². The van der Waals surface area contributed by atoms with Crippen LogP contribution in [0.2, 0.25) is 5.02 Å². The van der Waals surface area contributed by atoms with Crippen LogP contribution in [-0.4, -0.2) is 48.9 Å². The second kappa shape index (κ2) is 7.37. The maximum atomic E-state index is 12.6. The van der Waals surface area contributed by atoms with Crippen molar-refractivity contribution in [1.82, 2.24) is 19.7 Å². The van der Waals surface area contributed by atoms with Gasteiger partial charge >= 0.3 is 0 Å². The number of nitro groups is 1. The third-order valence-electron chi connectivity index (χ3n) is 4.37. The number of rotatable bonds is 5. The second-order valence-electron chi connectivity index (χ2n) is 6.20. The number of carbonyl (C=O) groups is 3. The number of nitrogens with one attached hydrogen (secondary N) is 1. The summed E-state index contributed by atoms with van der Waals surface area (Å²) < 4.78 is 1.40. The van der Waals surface area contributed by atoms with Gasteiger partial charge in [-0.2, -0.15) is 5.10 Å². The van der Waals surface area contributed by atoms with Gasteiger partial charge in [0.1, 0.15) is 24.8 Å². The van der Waals surface area contributed by atoms with Crippen molar-refractivity contribution in [2.75, 3.05) is 11.9 Å². The fourth-order valence-electron chi connectivity index (χ4n) is 3.09. The third-order valence-corrected chi connectivity index (χ3v) is 4.61. The summed E-state index contributed by atoms with van der Waals surface area (Å²) in [4.78, 5) is 52.7. The number of carbonyl (C=O) groups excluding carboxylic acids is 3. The molecular formula is C18H11ClN6O5.